The van der Waals surface area contributed by atoms with Gasteiger partial charge in [-0.3, -0.25) is 0 Å². The summed E-state index contributed by atoms with van der Waals surface area (Å²) in [4.78, 5) is 3.44. The minimum Gasteiger partial charge on any atom is -0.398 e. The minimum atomic E-state index is -0.224. The van der Waals surface area contributed by atoms with Crippen LogP contribution in [0.5, 0.6) is 0 Å². The zero-order valence-corrected chi connectivity index (χ0v) is 11.2. The standard InChI is InChI=1S/C14H17FN2S/c1-17(8-7-11-4-3-9-18-11)10-12-13(15)5-2-6-14(12)16/h2-6,9H,7-8,10,16H2,1H3. The molecule has 0 fully saturated rings. The van der Waals surface area contributed by atoms with E-state index >= 15 is 0 Å². The van der Waals surface area contributed by atoms with Crippen molar-refractivity contribution in [3.05, 3.63) is 52.0 Å². The highest BCUT2D eigenvalue weighted by molar-refractivity contribution is 7.09. The monoisotopic (exact) mass is 264 g/mol. The van der Waals surface area contributed by atoms with Crippen LogP contribution in [0.4, 0.5) is 10.1 Å². The van der Waals surface area contributed by atoms with Crippen LogP contribution in [-0.4, -0.2) is 18.5 Å². The van der Waals surface area contributed by atoms with Gasteiger partial charge in [0.1, 0.15) is 5.82 Å². The number of benzene rings is 1. The Balaban J connectivity index is 1.92. The van der Waals surface area contributed by atoms with E-state index in [1.165, 1.54) is 10.9 Å². The molecule has 0 aliphatic heterocycles. The van der Waals surface area contributed by atoms with Gasteiger partial charge in [0, 0.05) is 29.2 Å². The summed E-state index contributed by atoms with van der Waals surface area (Å²) >= 11 is 1.75. The first-order valence-electron chi connectivity index (χ1n) is 5.90. The van der Waals surface area contributed by atoms with Crippen molar-refractivity contribution < 1.29 is 4.39 Å². The molecule has 18 heavy (non-hydrogen) atoms. The number of nitrogens with zero attached hydrogens (tertiary/aromatic N) is 1. The molecule has 0 atom stereocenters. The predicted molar refractivity (Wildman–Crippen MR) is 75.2 cm³/mol. The summed E-state index contributed by atoms with van der Waals surface area (Å²) in [5.74, 6) is -0.224. The SMILES string of the molecule is CN(CCc1cccs1)Cc1c(N)cccc1F. The Morgan fingerprint density at radius 3 is 2.78 bits per heavy atom. The molecule has 4 heteroatoms. The van der Waals surface area contributed by atoms with Crippen molar-refractivity contribution in [1.82, 2.24) is 4.90 Å². The van der Waals surface area contributed by atoms with Gasteiger partial charge in [-0.2, -0.15) is 0 Å². The lowest BCUT2D eigenvalue weighted by Gasteiger charge is -2.17. The van der Waals surface area contributed by atoms with Crippen molar-refractivity contribution in [2.75, 3.05) is 19.3 Å². The Labute approximate surface area is 111 Å². The maximum atomic E-state index is 13.6. The van der Waals surface area contributed by atoms with E-state index in [1.54, 1.807) is 23.5 Å². The second kappa shape index (κ2) is 5.98. The van der Waals surface area contributed by atoms with E-state index in [4.69, 9.17) is 5.73 Å². The fourth-order valence-corrected chi connectivity index (χ4v) is 2.55. The highest BCUT2D eigenvalue weighted by atomic mass is 32.1. The lowest BCUT2D eigenvalue weighted by Crippen LogP contribution is -2.21. The van der Waals surface area contributed by atoms with E-state index in [9.17, 15) is 4.39 Å². The zero-order chi connectivity index (χ0) is 13.0. The van der Waals surface area contributed by atoms with E-state index in [1.807, 2.05) is 7.05 Å². The summed E-state index contributed by atoms with van der Waals surface area (Å²) in [5.41, 5.74) is 6.91. The van der Waals surface area contributed by atoms with Gasteiger partial charge >= 0.3 is 0 Å². The van der Waals surface area contributed by atoms with Crippen molar-refractivity contribution >= 4 is 17.0 Å². The molecule has 1 aromatic heterocycles. The second-order valence-electron chi connectivity index (χ2n) is 4.37. The molecule has 0 saturated carbocycles. The number of nitrogen functional groups attached to an aromatic ring is 1. The highest BCUT2D eigenvalue weighted by Crippen LogP contribution is 2.17. The van der Waals surface area contributed by atoms with Crippen molar-refractivity contribution in [1.29, 1.82) is 0 Å². The third kappa shape index (κ3) is 3.31. The molecule has 96 valence electrons. The maximum absolute atomic E-state index is 13.6. The normalized spacial score (nSPS) is 11.1. The average molecular weight is 264 g/mol. The van der Waals surface area contributed by atoms with Crippen LogP contribution in [0.15, 0.2) is 35.7 Å². The van der Waals surface area contributed by atoms with E-state index in [0.717, 1.165) is 13.0 Å². The van der Waals surface area contributed by atoms with Gasteiger partial charge in [-0.25, -0.2) is 4.39 Å². The Kier molecular flexibility index (Phi) is 4.33. The molecule has 0 bridgehead atoms. The second-order valence-corrected chi connectivity index (χ2v) is 5.41. The van der Waals surface area contributed by atoms with Crippen LogP contribution in [0.3, 0.4) is 0 Å². The fraction of sp³-hybridized carbons (Fsp3) is 0.286. The third-order valence-electron chi connectivity index (χ3n) is 2.90. The topological polar surface area (TPSA) is 29.3 Å². The molecule has 2 N–H and O–H groups in total. The molecular formula is C14H17FN2S. The number of rotatable bonds is 5. The molecule has 0 aliphatic rings. The van der Waals surface area contributed by atoms with Gasteiger partial charge in [0.15, 0.2) is 0 Å². The predicted octanol–water partition coefficient (Wildman–Crippen LogP) is 3.14. The van der Waals surface area contributed by atoms with Gasteiger partial charge in [-0.15, -0.1) is 11.3 Å². The molecular weight excluding hydrogens is 247 g/mol. The number of hydrogen-bond acceptors (Lipinski definition) is 3. The Morgan fingerprint density at radius 1 is 1.28 bits per heavy atom. The van der Waals surface area contributed by atoms with Gasteiger partial charge < -0.3 is 10.6 Å². The van der Waals surface area contributed by atoms with E-state index in [2.05, 4.69) is 22.4 Å². The molecule has 1 aromatic carbocycles. The van der Waals surface area contributed by atoms with Crippen LogP contribution < -0.4 is 5.73 Å². The fourth-order valence-electron chi connectivity index (χ4n) is 1.85. The van der Waals surface area contributed by atoms with E-state index < -0.39 is 0 Å². The summed E-state index contributed by atoms with van der Waals surface area (Å²) in [5, 5.41) is 2.07. The lowest BCUT2D eigenvalue weighted by molar-refractivity contribution is 0.327. The van der Waals surface area contributed by atoms with Crippen molar-refractivity contribution in [2.24, 2.45) is 0 Å². The first-order valence-corrected chi connectivity index (χ1v) is 6.78. The lowest BCUT2D eigenvalue weighted by atomic mass is 10.1. The van der Waals surface area contributed by atoms with Gasteiger partial charge in [-0.05, 0) is 37.0 Å². The van der Waals surface area contributed by atoms with Crippen molar-refractivity contribution in [3.8, 4) is 0 Å². The molecule has 0 amide bonds. The number of hydrogen-bond donors (Lipinski definition) is 1. The van der Waals surface area contributed by atoms with Crippen LogP contribution in [0.2, 0.25) is 0 Å². The summed E-state index contributed by atoms with van der Waals surface area (Å²) in [6.45, 7) is 1.44. The number of halogens is 1. The number of anilines is 1. The number of thiophene rings is 1. The molecule has 0 spiro atoms. The largest absolute Gasteiger partial charge is 0.398 e. The van der Waals surface area contributed by atoms with Crippen LogP contribution in [0.25, 0.3) is 0 Å². The Bertz CT molecular complexity index is 476. The van der Waals surface area contributed by atoms with Crippen LogP contribution in [0, 0.1) is 5.82 Å². The van der Waals surface area contributed by atoms with Gasteiger partial charge in [-0.1, -0.05) is 12.1 Å². The van der Waals surface area contributed by atoms with Crippen molar-refractivity contribution in [2.45, 2.75) is 13.0 Å². The summed E-state index contributed by atoms with van der Waals surface area (Å²) in [6, 6.07) is 9.01. The number of nitrogens with two attached hydrogens (primary N) is 1. The Hall–Kier alpha value is -1.39. The Morgan fingerprint density at radius 2 is 2.11 bits per heavy atom. The summed E-state index contributed by atoms with van der Waals surface area (Å²) in [6.07, 6.45) is 0.989. The molecule has 0 unspecified atom stereocenters. The number of likely N-dealkylation sites (N-methyl/N-ethyl adjacent to an activating group) is 1. The molecule has 2 rings (SSSR count). The molecule has 0 aliphatic carbocycles. The van der Waals surface area contributed by atoms with Crippen LogP contribution in [0.1, 0.15) is 10.4 Å². The first kappa shape index (κ1) is 13.1. The molecule has 1 heterocycles. The molecule has 0 radical (unpaired) electrons. The van der Waals surface area contributed by atoms with Crippen LogP contribution in [-0.2, 0) is 13.0 Å². The summed E-state index contributed by atoms with van der Waals surface area (Å²) in [7, 11) is 1.99. The first-order chi connectivity index (χ1) is 8.66. The summed E-state index contributed by atoms with van der Waals surface area (Å²) < 4.78 is 13.6. The smallest absolute Gasteiger partial charge is 0.129 e. The third-order valence-corrected chi connectivity index (χ3v) is 3.84. The van der Waals surface area contributed by atoms with Gasteiger partial charge in [0.2, 0.25) is 0 Å². The minimum absolute atomic E-state index is 0.224. The average Bonchev–Trinajstić information content (AvgIpc) is 2.84. The maximum Gasteiger partial charge on any atom is 0.129 e. The van der Waals surface area contributed by atoms with Crippen molar-refractivity contribution in [3.63, 3.8) is 0 Å². The quantitative estimate of drug-likeness (QED) is 0.841. The van der Waals surface area contributed by atoms with Gasteiger partial charge in [0.25, 0.3) is 0 Å². The molecule has 2 aromatic rings. The molecule has 0 saturated heterocycles. The van der Waals surface area contributed by atoms with E-state index in [-0.39, 0.29) is 5.82 Å². The van der Waals surface area contributed by atoms with Crippen LogP contribution >= 0.6 is 11.3 Å². The van der Waals surface area contributed by atoms with E-state index in [0.29, 0.717) is 17.8 Å². The van der Waals surface area contributed by atoms with Gasteiger partial charge in [0.05, 0.1) is 0 Å². The zero-order valence-electron chi connectivity index (χ0n) is 10.4. The molecule has 2 nitrogen and oxygen atoms in total. The highest BCUT2D eigenvalue weighted by Gasteiger charge is 2.09.